The van der Waals surface area contributed by atoms with Gasteiger partial charge < -0.3 is 20.3 Å². The number of hydrogen-bond donors (Lipinski definition) is 3. The number of nitrogens with one attached hydrogen (secondary N) is 1. The number of amides is 1. The van der Waals surface area contributed by atoms with E-state index < -0.39 is 12.0 Å². The average Bonchev–Trinajstić information content (AvgIpc) is 3.49. The van der Waals surface area contributed by atoms with Crippen LogP contribution in [0.5, 0.6) is 0 Å². The first-order chi connectivity index (χ1) is 15.4. The maximum absolute atomic E-state index is 13.0. The van der Waals surface area contributed by atoms with Crippen LogP contribution in [-0.2, 0) is 22.6 Å². The molecule has 8 nitrogen and oxygen atoms in total. The predicted molar refractivity (Wildman–Crippen MR) is 124 cm³/mol. The molecule has 32 heavy (non-hydrogen) atoms. The molecule has 3 heterocycles. The third-order valence-corrected chi connectivity index (χ3v) is 7.04. The number of hydrogen-bond acceptors (Lipinski definition) is 4. The summed E-state index contributed by atoms with van der Waals surface area (Å²) in [5, 5.41) is 18.2. The van der Waals surface area contributed by atoms with Crippen LogP contribution in [0.15, 0.2) is 24.3 Å². The summed E-state index contributed by atoms with van der Waals surface area (Å²) in [6.45, 7) is 4.59. The predicted octanol–water partition coefficient (Wildman–Crippen LogP) is 2.42. The number of rotatable bonds is 8. The third-order valence-electron chi connectivity index (χ3n) is 7.04. The monoisotopic (exact) mass is 439 g/mol. The molecule has 4 N–H and O–H groups in total. The molecule has 2 aromatic rings. The van der Waals surface area contributed by atoms with Crippen molar-refractivity contribution in [1.82, 2.24) is 14.4 Å². The fourth-order valence-corrected chi connectivity index (χ4v) is 5.40. The van der Waals surface area contributed by atoms with Crippen LogP contribution in [0.3, 0.4) is 0 Å². The lowest BCUT2D eigenvalue weighted by molar-refractivity contribution is -0.143. The Balaban J connectivity index is 1.44. The van der Waals surface area contributed by atoms with Gasteiger partial charge in [0.05, 0.1) is 6.54 Å². The minimum atomic E-state index is -0.825. The molecule has 0 saturated carbocycles. The Morgan fingerprint density at radius 1 is 1.19 bits per heavy atom. The molecule has 2 aliphatic heterocycles. The Hall–Kier alpha value is -2.87. The maximum Gasteiger partial charge on any atom is 0.320 e. The molecule has 1 amide bonds. The van der Waals surface area contributed by atoms with Crippen molar-refractivity contribution in [2.24, 2.45) is 5.73 Å². The highest BCUT2D eigenvalue weighted by Gasteiger charge is 2.35. The minimum Gasteiger partial charge on any atom is -0.480 e. The van der Waals surface area contributed by atoms with E-state index in [1.807, 2.05) is 28.0 Å². The summed E-state index contributed by atoms with van der Waals surface area (Å²) < 4.78 is 2.27. The first-order valence-corrected chi connectivity index (χ1v) is 11.6. The molecule has 0 spiro atoms. The molecule has 8 heteroatoms. The highest BCUT2D eigenvalue weighted by atomic mass is 16.4. The highest BCUT2D eigenvalue weighted by Crippen LogP contribution is 2.27. The fraction of sp³-hybridized carbons (Fsp3) is 0.542. The lowest BCUT2D eigenvalue weighted by Gasteiger charge is -2.28. The number of carboxylic acids is 1. The second kappa shape index (κ2) is 9.32. The molecule has 2 fully saturated rings. The normalized spacial score (nSPS) is 21.5. The molecular formula is C24H33N5O3. The van der Waals surface area contributed by atoms with E-state index in [9.17, 15) is 14.7 Å². The molecule has 1 aromatic heterocycles. The van der Waals surface area contributed by atoms with E-state index in [4.69, 9.17) is 11.1 Å². The van der Waals surface area contributed by atoms with Gasteiger partial charge in [-0.1, -0.05) is 12.1 Å². The van der Waals surface area contributed by atoms with Gasteiger partial charge in [-0.2, -0.15) is 0 Å². The molecule has 172 valence electrons. The quantitative estimate of drug-likeness (QED) is 0.432. The van der Waals surface area contributed by atoms with Crippen molar-refractivity contribution in [2.75, 3.05) is 19.6 Å². The summed E-state index contributed by atoms with van der Waals surface area (Å²) in [5.74, 6) is -0.697. The number of carbonyl (C=O) groups excluding carboxylic acids is 1. The van der Waals surface area contributed by atoms with Crippen LogP contribution in [0.1, 0.15) is 50.3 Å². The van der Waals surface area contributed by atoms with Crippen LogP contribution in [0, 0.1) is 5.41 Å². The number of aliphatic carboxylic acids is 1. The first kappa shape index (κ1) is 22.3. The number of likely N-dealkylation sites (tertiary alicyclic amines) is 2. The number of carboxylic acid groups (broad SMARTS) is 1. The maximum atomic E-state index is 13.0. The molecule has 2 saturated heterocycles. The largest absolute Gasteiger partial charge is 0.480 e. The Bertz CT molecular complexity index is 1030. The van der Waals surface area contributed by atoms with E-state index in [-0.39, 0.29) is 24.3 Å². The van der Waals surface area contributed by atoms with Crippen molar-refractivity contribution in [1.29, 1.82) is 5.41 Å². The number of amidine groups is 1. The van der Waals surface area contributed by atoms with Gasteiger partial charge in [-0.25, -0.2) is 0 Å². The zero-order chi connectivity index (χ0) is 22.8. The molecule has 2 aliphatic rings. The second-order valence-corrected chi connectivity index (χ2v) is 8.96. The first-order valence-electron chi connectivity index (χ1n) is 11.6. The number of nitrogens with two attached hydrogens (primary N) is 1. The summed E-state index contributed by atoms with van der Waals surface area (Å²) in [4.78, 5) is 28.3. The van der Waals surface area contributed by atoms with Crippen molar-refractivity contribution in [3.8, 4) is 0 Å². The van der Waals surface area contributed by atoms with Crippen molar-refractivity contribution in [3.05, 3.63) is 35.5 Å². The topological polar surface area (TPSA) is 116 Å². The minimum absolute atomic E-state index is 0.0581. The van der Waals surface area contributed by atoms with E-state index in [1.54, 1.807) is 0 Å². The summed E-state index contributed by atoms with van der Waals surface area (Å²) in [6, 6.07) is 7.75. The van der Waals surface area contributed by atoms with Gasteiger partial charge in [0.1, 0.15) is 11.9 Å². The Morgan fingerprint density at radius 3 is 2.69 bits per heavy atom. The van der Waals surface area contributed by atoms with Crippen molar-refractivity contribution >= 4 is 28.6 Å². The van der Waals surface area contributed by atoms with E-state index >= 15 is 0 Å². The van der Waals surface area contributed by atoms with E-state index in [2.05, 4.69) is 17.6 Å². The average molecular weight is 440 g/mol. The lowest BCUT2D eigenvalue weighted by atomic mass is 10.1. The molecule has 0 aliphatic carbocycles. The van der Waals surface area contributed by atoms with Crippen LogP contribution in [-0.4, -0.2) is 68.9 Å². The number of aromatic nitrogens is 1. The van der Waals surface area contributed by atoms with Crippen LogP contribution < -0.4 is 5.73 Å². The molecule has 0 bridgehead atoms. The van der Waals surface area contributed by atoms with E-state index in [1.165, 1.54) is 5.69 Å². The highest BCUT2D eigenvalue weighted by molar-refractivity contribution is 5.98. The van der Waals surface area contributed by atoms with E-state index in [0.29, 0.717) is 13.0 Å². The summed E-state index contributed by atoms with van der Waals surface area (Å²) in [6.07, 6.45) is 5.21. The van der Waals surface area contributed by atoms with Crippen molar-refractivity contribution < 1.29 is 14.7 Å². The molecule has 0 radical (unpaired) electrons. The summed E-state index contributed by atoms with van der Waals surface area (Å²) >= 11 is 0. The van der Waals surface area contributed by atoms with Gasteiger partial charge >= 0.3 is 5.97 Å². The zero-order valence-corrected chi connectivity index (χ0v) is 18.7. The van der Waals surface area contributed by atoms with Gasteiger partial charge in [-0.15, -0.1) is 0 Å². The SMILES string of the molecule is CCn1c(CCC2CCCN2C(=O)CN2CCCC2C(=O)O)cc2ccc(C(=N)N)cc21. The zero-order valence-electron chi connectivity index (χ0n) is 18.7. The van der Waals surface area contributed by atoms with Gasteiger partial charge in [0.25, 0.3) is 0 Å². The van der Waals surface area contributed by atoms with Crippen molar-refractivity contribution in [3.63, 3.8) is 0 Å². The van der Waals surface area contributed by atoms with Crippen molar-refractivity contribution in [2.45, 2.75) is 64.1 Å². The Morgan fingerprint density at radius 2 is 1.97 bits per heavy atom. The fourth-order valence-electron chi connectivity index (χ4n) is 5.40. The number of carbonyl (C=O) groups is 2. The second-order valence-electron chi connectivity index (χ2n) is 8.96. The van der Waals surface area contributed by atoms with Gasteiger partial charge in [0.15, 0.2) is 0 Å². The third kappa shape index (κ3) is 4.37. The summed E-state index contributed by atoms with van der Waals surface area (Å²) in [7, 11) is 0. The van der Waals surface area contributed by atoms with Gasteiger partial charge in [0.2, 0.25) is 5.91 Å². The Labute approximate surface area is 188 Å². The lowest BCUT2D eigenvalue weighted by Crippen LogP contribution is -2.46. The van der Waals surface area contributed by atoms with Crippen LogP contribution in [0.25, 0.3) is 10.9 Å². The van der Waals surface area contributed by atoms with Gasteiger partial charge in [0, 0.05) is 35.9 Å². The number of nitrogens with zero attached hydrogens (tertiary/aromatic N) is 3. The summed E-state index contributed by atoms with van der Waals surface area (Å²) in [5.41, 5.74) is 8.72. The Kier molecular flexibility index (Phi) is 6.50. The van der Waals surface area contributed by atoms with Gasteiger partial charge in [-0.3, -0.25) is 19.9 Å². The molecule has 2 unspecified atom stereocenters. The number of aryl methyl sites for hydroxylation is 2. The number of nitrogen functional groups attached to an aromatic ring is 1. The molecule has 1 aromatic carbocycles. The number of fused-ring (bicyclic) bond motifs is 1. The number of benzene rings is 1. The molecule has 2 atom stereocenters. The smallest absolute Gasteiger partial charge is 0.320 e. The van der Waals surface area contributed by atoms with Crippen LogP contribution >= 0.6 is 0 Å². The van der Waals surface area contributed by atoms with E-state index in [0.717, 1.165) is 61.7 Å². The van der Waals surface area contributed by atoms with Gasteiger partial charge in [-0.05, 0) is 69.5 Å². The van der Waals surface area contributed by atoms with Crippen LogP contribution in [0.2, 0.25) is 0 Å². The van der Waals surface area contributed by atoms with Crippen LogP contribution in [0.4, 0.5) is 0 Å². The molecular weight excluding hydrogens is 406 g/mol. The molecule has 4 rings (SSSR count). The standard InChI is InChI=1S/C24H33N5O3/c1-2-28-19(13-16-7-8-17(23(25)26)14-21(16)28)10-9-18-5-3-12-29(18)22(30)15-27-11-4-6-20(27)24(31)32/h7-8,13-14,18,20H,2-6,9-12,15H2,1H3,(H3,25,26)(H,31,32).